The van der Waals surface area contributed by atoms with Crippen molar-refractivity contribution in [2.75, 3.05) is 14.2 Å². The van der Waals surface area contributed by atoms with E-state index in [1.165, 1.54) is 7.11 Å². The molecule has 3 nitrogen and oxygen atoms in total. The fourth-order valence-corrected chi connectivity index (χ4v) is 1.08. The molecule has 1 N–H and O–H groups in total. The Hall–Kier alpha value is -1.48. The van der Waals surface area contributed by atoms with Crippen molar-refractivity contribution in [2.24, 2.45) is 0 Å². The van der Waals surface area contributed by atoms with Crippen LogP contribution in [0.25, 0.3) is 0 Å². The summed E-state index contributed by atoms with van der Waals surface area (Å²) in [7, 11) is 3.08. The monoisotopic (exact) mass is 194 g/mol. The van der Waals surface area contributed by atoms with Gasteiger partial charge in [0.15, 0.2) is 0 Å². The standard InChI is InChI=1S/C11H14O3/c1-8(13-2)11(12)9-4-6-10(14-3)7-5-9/h4-7,11-12H,1H2,2-3H3. The lowest BCUT2D eigenvalue weighted by Gasteiger charge is -2.12. The maximum absolute atomic E-state index is 9.69. The minimum absolute atomic E-state index is 0.329. The van der Waals surface area contributed by atoms with Gasteiger partial charge in [-0.15, -0.1) is 0 Å². The van der Waals surface area contributed by atoms with Gasteiger partial charge in [-0.25, -0.2) is 0 Å². The molecule has 0 aliphatic heterocycles. The summed E-state index contributed by atoms with van der Waals surface area (Å²) in [6.07, 6.45) is -0.786. The number of ether oxygens (including phenoxy) is 2. The van der Waals surface area contributed by atoms with E-state index in [1.54, 1.807) is 31.4 Å². The molecule has 1 aromatic rings. The van der Waals surface area contributed by atoms with Crippen molar-refractivity contribution in [3.8, 4) is 5.75 Å². The summed E-state index contributed by atoms with van der Waals surface area (Å²) < 4.78 is 9.85. The third kappa shape index (κ3) is 2.26. The fourth-order valence-electron chi connectivity index (χ4n) is 1.08. The molecule has 0 amide bonds. The van der Waals surface area contributed by atoms with Crippen molar-refractivity contribution in [3.63, 3.8) is 0 Å². The van der Waals surface area contributed by atoms with Crippen LogP contribution in [-0.4, -0.2) is 19.3 Å². The molecule has 0 aliphatic carbocycles. The molecule has 0 aliphatic rings. The molecule has 0 spiro atoms. The first-order chi connectivity index (χ1) is 6.69. The number of hydrogen-bond donors (Lipinski definition) is 1. The van der Waals surface area contributed by atoms with E-state index in [-0.39, 0.29) is 0 Å². The van der Waals surface area contributed by atoms with E-state index in [4.69, 9.17) is 9.47 Å². The zero-order valence-electron chi connectivity index (χ0n) is 8.36. The molecule has 1 aromatic carbocycles. The summed E-state index contributed by atoms with van der Waals surface area (Å²) in [4.78, 5) is 0. The normalized spacial score (nSPS) is 11.9. The molecule has 3 heteroatoms. The highest BCUT2D eigenvalue weighted by atomic mass is 16.5. The topological polar surface area (TPSA) is 38.7 Å². The molecular weight excluding hydrogens is 180 g/mol. The SMILES string of the molecule is C=C(OC)C(O)c1ccc(OC)cc1. The summed E-state index contributed by atoms with van der Waals surface area (Å²) in [5.74, 6) is 1.08. The number of aliphatic hydroxyl groups excluding tert-OH is 1. The van der Waals surface area contributed by atoms with Crippen molar-refractivity contribution in [2.45, 2.75) is 6.10 Å². The summed E-state index contributed by atoms with van der Waals surface area (Å²) >= 11 is 0. The molecule has 1 atom stereocenters. The molecule has 14 heavy (non-hydrogen) atoms. The fraction of sp³-hybridized carbons (Fsp3) is 0.273. The highest BCUT2D eigenvalue weighted by Gasteiger charge is 2.11. The van der Waals surface area contributed by atoms with Gasteiger partial charge in [-0.1, -0.05) is 18.7 Å². The van der Waals surface area contributed by atoms with E-state index >= 15 is 0 Å². The van der Waals surface area contributed by atoms with Crippen LogP contribution >= 0.6 is 0 Å². The Labute approximate surface area is 83.6 Å². The zero-order chi connectivity index (χ0) is 10.6. The maximum atomic E-state index is 9.69. The Bertz CT molecular complexity index is 303. The first-order valence-electron chi connectivity index (χ1n) is 4.24. The van der Waals surface area contributed by atoms with Crippen LogP contribution in [0.4, 0.5) is 0 Å². The second-order valence-electron chi connectivity index (χ2n) is 2.85. The number of hydrogen-bond acceptors (Lipinski definition) is 3. The van der Waals surface area contributed by atoms with Crippen molar-refractivity contribution in [1.29, 1.82) is 0 Å². The van der Waals surface area contributed by atoms with Gasteiger partial charge in [0.2, 0.25) is 0 Å². The molecule has 76 valence electrons. The van der Waals surface area contributed by atoms with Crippen LogP contribution in [0.1, 0.15) is 11.7 Å². The van der Waals surface area contributed by atoms with Crippen LogP contribution in [0.15, 0.2) is 36.6 Å². The smallest absolute Gasteiger partial charge is 0.135 e. The van der Waals surface area contributed by atoms with E-state index in [2.05, 4.69) is 6.58 Å². The molecule has 0 heterocycles. The van der Waals surface area contributed by atoms with Crippen LogP contribution in [0, 0.1) is 0 Å². The largest absolute Gasteiger partial charge is 0.499 e. The highest BCUT2D eigenvalue weighted by Crippen LogP contribution is 2.22. The zero-order valence-corrected chi connectivity index (χ0v) is 8.36. The molecule has 0 bridgehead atoms. The Morgan fingerprint density at radius 1 is 1.29 bits per heavy atom. The van der Waals surface area contributed by atoms with Gasteiger partial charge < -0.3 is 14.6 Å². The van der Waals surface area contributed by atoms with Crippen LogP contribution in [0.2, 0.25) is 0 Å². The molecule has 0 radical (unpaired) electrons. The number of benzene rings is 1. The van der Waals surface area contributed by atoms with Gasteiger partial charge >= 0.3 is 0 Å². The number of rotatable bonds is 4. The Morgan fingerprint density at radius 2 is 1.86 bits per heavy atom. The Kier molecular flexibility index (Phi) is 3.54. The van der Waals surface area contributed by atoms with E-state index in [0.29, 0.717) is 5.76 Å². The molecule has 1 unspecified atom stereocenters. The third-order valence-corrected chi connectivity index (χ3v) is 2.00. The van der Waals surface area contributed by atoms with Gasteiger partial charge in [0.05, 0.1) is 14.2 Å². The molecule has 0 aromatic heterocycles. The van der Waals surface area contributed by atoms with Crippen molar-refractivity contribution >= 4 is 0 Å². The van der Waals surface area contributed by atoms with E-state index in [1.807, 2.05) is 0 Å². The third-order valence-electron chi connectivity index (χ3n) is 2.00. The second kappa shape index (κ2) is 4.67. The maximum Gasteiger partial charge on any atom is 0.135 e. The average molecular weight is 194 g/mol. The van der Waals surface area contributed by atoms with Crippen LogP contribution in [0.5, 0.6) is 5.75 Å². The Balaban J connectivity index is 2.81. The minimum Gasteiger partial charge on any atom is -0.499 e. The predicted molar refractivity (Wildman–Crippen MR) is 54.1 cm³/mol. The number of aliphatic hydroxyl groups is 1. The second-order valence-corrected chi connectivity index (χ2v) is 2.85. The summed E-state index contributed by atoms with van der Waals surface area (Å²) in [6.45, 7) is 3.59. The highest BCUT2D eigenvalue weighted by molar-refractivity contribution is 5.30. The summed E-state index contributed by atoms with van der Waals surface area (Å²) in [5.41, 5.74) is 0.734. The van der Waals surface area contributed by atoms with Crippen molar-refractivity contribution in [1.82, 2.24) is 0 Å². The van der Waals surface area contributed by atoms with Gasteiger partial charge in [0.1, 0.15) is 17.6 Å². The first kappa shape index (κ1) is 10.6. The van der Waals surface area contributed by atoms with Gasteiger partial charge in [-0.05, 0) is 17.7 Å². The molecule has 1 rings (SSSR count). The molecule has 0 fully saturated rings. The first-order valence-corrected chi connectivity index (χ1v) is 4.24. The average Bonchev–Trinajstić information content (AvgIpc) is 2.27. The van der Waals surface area contributed by atoms with Crippen molar-refractivity contribution in [3.05, 3.63) is 42.2 Å². The van der Waals surface area contributed by atoms with Crippen LogP contribution < -0.4 is 4.74 Å². The van der Waals surface area contributed by atoms with Crippen molar-refractivity contribution < 1.29 is 14.6 Å². The van der Waals surface area contributed by atoms with Gasteiger partial charge in [-0.3, -0.25) is 0 Å². The summed E-state index contributed by atoms with van der Waals surface area (Å²) in [5, 5.41) is 9.69. The van der Waals surface area contributed by atoms with Gasteiger partial charge in [0.25, 0.3) is 0 Å². The minimum atomic E-state index is -0.786. The quantitative estimate of drug-likeness (QED) is 0.744. The molecular formula is C11H14O3. The number of methoxy groups -OCH3 is 2. The van der Waals surface area contributed by atoms with Gasteiger partial charge in [0, 0.05) is 0 Å². The molecule has 0 saturated carbocycles. The lowest BCUT2D eigenvalue weighted by Crippen LogP contribution is -2.01. The van der Waals surface area contributed by atoms with Gasteiger partial charge in [-0.2, -0.15) is 0 Å². The van der Waals surface area contributed by atoms with E-state index in [9.17, 15) is 5.11 Å². The van der Waals surface area contributed by atoms with Crippen LogP contribution in [0.3, 0.4) is 0 Å². The molecule has 0 saturated heterocycles. The lowest BCUT2D eigenvalue weighted by atomic mass is 10.1. The van der Waals surface area contributed by atoms with E-state index < -0.39 is 6.10 Å². The van der Waals surface area contributed by atoms with E-state index in [0.717, 1.165) is 11.3 Å². The predicted octanol–water partition coefficient (Wildman–Crippen LogP) is 1.89. The Morgan fingerprint density at radius 3 is 2.29 bits per heavy atom. The lowest BCUT2D eigenvalue weighted by molar-refractivity contribution is 0.130. The van der Waals surface area contributed by atoms with Crippen LogP contribution in [-0.2, 0) is 4.74 Å². The summed E-state index contributed by atoms with van der Waals surface area (Å²) in [6, 6.07) is 7.10.